The molecule has 4 aromatic rings. The highest BCUT2D eigenvalue weighted by atomic mass is 35.5. The third-order valence-corrected chi connectivity index (χ3v) is 6.40. The van der Waals surface area contributed by atoms with Crippen LogP contribution >= 0.6 is 23.4 Å². The van der Waals surface area contributed by atoms with Crippen LogP contribution in [-0.4, -0.2) is 29.4 Å². The summed E-state index contributed by atoms with van der Waals surface area (Å²) in [5.74, 6) is 1.21. The Morgan fingerprint density at radius 2 is 1.78 bits per heavy atom. The summed E-state index contributed by atoms with van der Waals surface area (Å²) in [6, 6.07) is 19.5. The summed E-state index contributed by atoms with van der Waals surface area (Å²) in [5.41, 5.74) is 6.23. The van der Waals surface area contributed by atoms with Crippen molar-refractivity contribution in [3.05, 3.63) is 88.8 Å². The van der Waals surface area contributed by atoms with Gasteiger partial charge in [-0.05, 0) is 77.7 Å². The van der Waals surface area contributed by atoms with Gasteiger partial charge in [-0.2, -0.15) is 0 Å². The van der Waals surface area contributed by atoms with E-state index >= 15 is 0 Å². The van der Waals surface area contributed by atoms with Crippen molar-refractivity contribution in [2.24, 2.45) is 0 Å². The summed E-state index contributed by atoms with van der Waals surface area (Å²) < 4.78 is 5.54. The number of fused-ring (bicyclic) bond motifs is 1. The third kappa shape index (κ3) is 5.01. The number of pyridine rings is 1. The molecule has 4 nitrogen and oxygen atoms in total. The van der Waals surface area contributed by atoms with Gasteiger partial charge < -0.3 is 14.8 Å². The molecule has 0 bridgehead atoms. The molecule has 2 heterocycles. The van der Waals surface area contributed by atoms with E-state index in [-0.39, 0.29) is 5.75 Å². The van der Waals surface area contributed by atoms with Crippen molar-refractivity contribution in [1.29, 1.82) is 0 Å². The van der Waals surface area contributed by atoms with Crippen molar-refractivity contribution in [2.45, 2.75) is 18.4 Å². The van der Waals surface area contributed by atoms with E-state index < -0.39 is 0 Å². The van der Waals surface area contributed by atoms with E-state index in [2.05, 4.69) is 36.5 Å². The first kappa shape index (κ1) is 22.5. The van der Waals surface area contributed by atoms with E-state index in [0.29, 0.717) is 5.22 Å². The maximum Gasteiger partial charge on any atom is 0.194 e. The molecule has 0 spiro atoms. The fourth-order valence-electron chi connectivity index (χ4n) is 3.74. The van der Waals surface area contributed by atoms with Gasteiger partial charge in [0.05, 0.1) is 5.03 Å². The maximum atomic E-state index is 9.82. The van der Waals surface area contributed by atoms with Crippen LogP contribution < -0.4 is 5.32 Å². The molecule has 164 valence electrons. The van der Waals surface area contributed by atoms with Gasteiger partial charge in [0.2, 0.25) is 0 Å². The van der Waals surface area contributed by atoms with Gasteiger partial charge in [-0.25, -0.2) is 4.98 Å². The molecule has 0 saturated carbocycles. The van der Waals surface area contributed by atoms with Gasteiger partial charge in [-0.1, -0.05) is 31.2 Å². The van der Waals surface area contributed by atoms with E-state index in [1.807, 2.05) is 37.5 Å². The quantitative estimate of drug-likeness (QED) is 0.169. The van der Waals surface area contributed by atoms with Crippen molar-refractivity contribution < 1.29 is 9.52 Å². The topological polar surface area (TPSA) is 58.3 Å². The smallest absolute Gasteiger partial charge is 0.194 e. The average Bonchev–Trinajstić information content (AvgIpc) is 3.18. The maximum absolute atomic E-state index is 9.82. The number of furan rings is 1. The lowest BCUT2D eigenvalue weighted by molar-refractivity contribution is 0.475. The number of thioether (sulfide) groups is 1. The van der Waals surface area contributed by atoms with Gasteiger partial charge in [-0.3, -0.25) is 0 Å². The molecule has 0 atom stereocenters. The van der Waals surface area contributed by atoms with E-state index in [9.17, 15) is 5.11 Å². The highest BCUT2D eigenvalue weighted by molar-refractivity contribution is 7.99. The summed E-state index contributed by atoms with van der Waals surface area (Å²) in [6.45, 7) is 3.09. The fourth-order valence-corrected chi connectivity index (χ4v) is 4.75. The van der Waals surface area contributed by atoms with Crippen LogP contribution in [0.5, 0.6) is 5.75 Å². The number of benzene rings is 2. The number of allylic oxidation sites excluding steroid dienone is 1. The van der Waals surface area contributed by atoms with Crippen molar-refractivity contribution >= 4 is 45.5 Å². The highest BCUT2D eigenvalue weighted by Crippen LogP contribution is 2.36. The van der Waals surface area contributed by atoms with Gasteiger partial charge >= 0.3 is 0 Å². The molecular formula is C26H25ClN2O2S. The van der Waals surface area contributed by atoms with E-state index in [1.54, 1.807) is 23.9 Å². The van der Waals surface area contributed by atoms with Crippen molar-refractivity contribution in [2.75, 3.05) is 19.3 Å². The number of aromatic hydroxyl groups is 1. The Kier molecular flexibility index (Phi) is 7.20. The second kappa shape index (κ2) is 10.3. The Hall–Kier alpha value is -2.73. The molecule has 6 heteroatoms. The second-order valence-corrected chi connectivity index (χ2v) is 8.88. The number of hydrogen-bond donors (Lipinski definition) is 2. The van der Waals surface area contributed by atoms with Crippen LogP contribution in [0.2, 0.25) is 5.22 Å². The van der Waals surface area contributed by atoms with Gasteiger partial charge in [0, 0.05) is 35.5 Å². The SMILES string of the molecule is CC/C(=C(\c1ccc(O)cc1)c1ccc(SCCNC)nc1)c1ccc2oc(Cl)cc2c1. The predicted molar refractivity (Wildman–Crippen MR) is 134 cm³/mol. The van der Waals surface area contributed by atoms with Crippen molar-refractivity contribution in [1.82, 2.24) is 10.3 Å². The highest BCUT2D eigenvalue weighted by Gasteiger charge is 2.15. The van der Waals surface area contributed by atoms with E-state index in [1.165, 1.54) is 5.57 Å². The minimum absolute atomic E-state index is 0.245. The van der Waals surface area contributed by atoms with Crippen LogP contribution in [0.15, 0.2) is 76.3 Å². The zero-order valence-corrected chi connectivity index (χ0v) is 19.6. The lowest BCUT2D eigenvalue weighted by Crippen LogP contribution is -2.09. The third-order valence-electron chi connectivity index (χ3n) is 5.27. The lowest BCUT2D eigenvalue weighted by atomic mass is 9.88. The molecule has 0 saturated heterocycles. The molecule has 0 fully saturated rings. The Morgan fingerprint density at radius 1 is 1.03 bits per heavy atom. The number of nitrogens with zero attached hydrogens (tertiary/aromatic N) is 1. The monoisotopic (exact) mass is 464 g/mol. The van der Waals surface area contributed by atoms with Crippen molar-refractivity contribution in [3.8, 4) is 5.75 Å². The number of nitrogens with one attached hydrogen (secondary N) is 1. The number of phenolic OH excluding ortho intramolecular Hbond substituents is 1. The Bertz CT molecular complexity index is 1230. The summed E-state index contributed by atoms with van der Waals surface area (Å²) in [6.07, 6.45) is 2.76. The molecule has 0 aliphatic heterocycles. The molecule has 0 aliphatic rings. The minimum Gasteiger partial charge on any atom is -0.508 e. The number of phenols is 1. The zero-order valence-electron chi connectivity index (χ0n) is 18.1. The predicted octanol–water partition coefficient (Wildman–Crippen LogP) is 6.87. The number of rotatable bonds is 8. The number of halogens is 1. The summed E-state index contributed by atoms with van der Waals surface area (Å²) in [5, 5.41) is 15.3. The molecule has 0 amide bonds. The molecule has 32 heavy (non-hydrogen) atoms. The molecule has 4 rings (SSSR count). The van der Waals surface area contributed by atoms with Gasteiger partial charge in [0.15, 0.2) is 5.22 Å². The molecule has 0 aliphatic carbocycles. The number of aromatic nitrogens is 1. The van der Waals surface area contributed by atoms with Gasteiger partial charge in [0.25, 0.3) is 0 Å². The molecule has 2 aromatic heterocycles. The minimum atomic E-state index is 0.245. The first-order valence-corrected chi connectivity index (χ1v) is 11.9. The molecular weight excluding hydrogens is 440 g/mol. The lowest BCUT2D eigenvalue weighted by Gasteiger charge is -2.16. The standard InChI is InChI=1S/C26H25ClN2O2S/c1-3-22(18-6-10-23-20(14-18)15-24(27)31-23)26(17-4-8-21(30)9-5-17)19-7-11-25(29-16-19)32-13-12-28-2/h4-11,14-16,28,30H,3,12-13H2,1-2H3/b26-22-. The first-order chi connectivity index (χ1) is 15.6. The van der Waals surface area contributed by atoms with E-state index in [4.69, 9.17) is 21.0 Å². The molecule has 0 radical (unpaired) electrons. The summed E-state index contributed by atoms with van der Waals surface area (Å²) in [4.78, 5) is 4.70. The van der Waals surface area contributed by atoms with Crippen LogP contribution in [0.4, 0.5) is 0 Å². The normalized spacial score (nSPS) is 12.2. The van der Waals surface area contributed by atoms with Crippen LogP contribution in [0, 0.1) is 0 Å². The Morgan fingerprint density at radius 3 is 2.47 bits per heavy atom. The van der Waals surface area contributed by atoms with Gasteiger partial charge in [0.1, 0.15) is 11.3 Å². The van der Waals surface area contributed by atoms with Crippen LogP contribution in [0.25, 0.3) is 22.1 Å². The largest absolute Gasteiger partial charge is 0.508 e. The molecule has 0 unspecified atom stereocenters. The first-order valence-electron chi connectivity index (χ1n) is 10.5. The average molecular weight is 465 g/mol. The van der Waals surface area contributed by atoms with Crippen LogP contribution in [0.3, 0.4) is 0 Å². The van der Waals surface area contributed by atoms with Crippen molar-refractivity contribution in [3.63, 3.8) is 0 Å². The van der Waals surface area contributed by atoms with Crippen LogP contribution in [0.1, 0.15) is 30.0 Å². The zero-order chi connectivity index (χ0) is 22.5. The molecule has 2 N–H and O–H groups in total. The molecule has 2 aromatic carbocycles. The summed E-state index contributed by atoms with van der Waals surface area (Å²) >= 11 is 7.79. The van der Waals surface area contributed by atoms with Crippen LogP contribution in [-0.2, 0) is 0 Å². The summed E-state index contributed by atoms with van der Waals surface area (Å²) in [7, 11) is 1.95. The number of hydrogen-bond acceptors (Lipinski definition) is 5. The Balaban J connectivity index is 1.83. The Labute approximate surface area is 197 Å². The fraction of sp³-hybridized carbons (Fsp3) is 0.192. The van der Waals surface area contributed by atoms with E-state index in [0.717, 1.165) is 57.0 Å². The van der Waals surface area contributed by atoms with Gasteiger partial charge in [-0.15, -0.1) is 11.8 Å². The second-order valence-electron chi connectivity index (χ2n) is 7.39.